The Hall–Kier alpha value is -2.36. The third-order valence-electron chi connectivity index (χ3n) is 3.34. The molecule has 2 N–H and O–H groups in total. The molecule has 0 bridgehead atoms. The zero-order valence-corrected chi connectivity index (χ0v) is 11.8. The van der Waals surface area contributed by atoms with Gasteiger partial charge >= 0.3 is 0 Å². The smallest absolute Gasteiger partial charge is 0.234 e. The number of amides is 1. The molecule has 4 nitrogen and oxygen atoms in total. The molecule has 104 valence electrons. The maximum absolute atomic E-state index is 12.7. The van der Waals surface area contributed by atoms with Crippen LogP contribution in [0.15, 0.2) is 48.8 Å². The van der Waals surface area contributed by atoms with E-state index in [1.165, 1.54) is 0 Å². The van der Waals surface area contributed by atoms with Gasteiger partial charge in [0.25, 0.3) is 0 Å². The van der Waals surface area contributed by atoms with E-state index in [-0.39, 0.29) is 11.8 Å². The quantitative estimate of drug-likeness (QED) is 0.868. The number of nitrogen functional groups attached to an aromatic ring is 1. The summed E-state index contributed by atoms with van der Waals surface area (Å²) in [5.41, 5.74) is 8.26. The monoisotopic (exact) mass is 269 g/mol. The summed E-state index contributed by atoms with van der Waals surface area (Å²) >= 11 is 0. The fourth-order valence-corrected chi connectivity index (χ4v) is 2.19. The lowest BCUT2D eigenvalue weighted by molar-refractivity contribution is -0.119. The summed E-state index contributed by atoms with van der Waals surface area (Å²) in [6.07, 6.45) is 3.38. The molecule has 1 unspecified atom stereocenters. The van der Waals surface area contributed by atoms with E-state index in [9.17, 15) is 4.79 Å². The third kappa shape index (κ3) is 2.96. The molecule has 1 aromatic carbocycles. The lowest BCUT2D eigenvalue weighted by Crippen LogP contribution is -2.34. The van der Waals surface area contributed by atoms with Gasteiger partial charge in [0.15, 0.2) is 0 Å². The van der Waals surface area contributed by atoms with Crippen LogP contribution in [0.5, 0.6) is 0 Å². The van der Waals surface area contributed by atoms with Crippen molar-refractivity contribution in [2.75, 3.05) is 17.2 Å². The van der Waals surface area contributed by atoms with Gasteiger partial charge in [-0.25, -0.2) is 0 Å². The second kappa shape index (κ2) is 6.19. The van der Waals surface area contributed by atoms with Crippen molar-refractivity contribution < 1.29 is 4.79 Å². The normalized spacial score (nSPS) is 11.9. The lowest BCUT2D eigenvalue weighted by Gasteiger charge is -2.24. The highest BCUT2D eigenvalue weighted by molar-refractivity contribution is 5.97. The molecule has 1 atom stereocenters. The molecule has 0 aliphatic carbocycles. The van der Waals surface area contributed by atoms with Crippen LogP contribution in [0.2, 0.25) is 0 Å². The Labute approximate surface area is 119 Å². The Morgan fingerprint density at radius 3 is 2.60 bits per heavy atom. The number of carbonyl (C=O) groups is 1. The number of benzene rings is 1. The number of carbonyl (C=O) groups excluding carboxylic acids is 1. The van der Waals surface area contributed by atoms with Crippen LogP contribution < -0.4 is 10.6 Å². The molecular formula is C16H19N3O. The van der Waals surface area contributed by atoms with E-state index < -0.39 is 0 Å². The van der Waals surface area contributed by atoms with E-state index in [0.717, 1.165) is 11.3 Å². The van der Waals surface area contributed by atoms with Crippen LogP contribution in [0.1, 0.15) is 25.3 Å². The van der Waals surface area contributed by atoms with E-state index in [0.29, 0.717) is 12.2 Å². The number of aromatic nitrogens is 1. The third-order valence-corrected chi connectivity index (χ3v) is 3.34. The van der Waals surface area contributed by atoms with Crippen molar-refractivity contribution in [1.29, 1.82) is 0 Å². The minimum Gasteiger partial charge on any atom is -0.399 e. The van der Waals surface area contributed by atoms with Gasteiger partial charge in [0.2, 0.25) is 5.91 Å². The van der Waals surface area contributed by atoms with E-state index >= 15 is 0 Å². The fourth-order valence-electron chi connectivity index (χ4n) is 2.19. The van der Waals surface area contributed by atoms with E-state index in [4.69, 9.17) is 5.73 Å². The first-order valence-electron chi connectivity index (χ1n) is 6.70. The van der Waals surface area contributed by atoms with Crippen LogP contribution in [0.4, 0.5) is 11.4 Å². The number of hydrogen-bond donors (Lipinski definition) is 1. The molecule has 0 radical (unpaired) electrons. The number of rotatable bonds is 4. The Kier molecular flexibility index (Phi) is 4.35. The molecule has 0 saturated carbocycles. The number of nitrogens with two attached hydrogens (primary N) is 1. The molecule has 2 aromatic rings. The largest absolute Gasteiger partial charge is 0.399 e. The Morgan fingerprint density at radius 1 is 1.30 bits per heavy atom. The van der Waals surface area contributed by atoms with Crippen molar-refractivity contribution in [3.8, 4) is 0 Å². The predicted molar refractivity (Wildman–Crippen MR) is 81.5 cm³/mol. The minimum absolute atomic E-state index is 0.0595. The van der Waals surface area contributed by atoms with E-state index in [1.54, 1.807) is 17.3 Å². The molecule has 0 saturated heterocycles. The minimum atomic E-state index is -0.230. The number of nitrogens with zero attached hydrogens (tertiary/aromatic N) is 2. The van der Waals surface area contributed by atoms with Gasteiger partial charge in [0, 0.05) is 30.3 Å². The van der Waals surface area contributed by atoms with Crippen molar-refractivity contribution >= 4 is 17.3 Å². The topological polar surface area (TPSA) is 59.2 Å². The molecule has 20 heavy (non-hydrogen) atoms. The highest BCUT2D eigenvalue weighted by atomic mass is 16.2. The van der Waals surface area contributed by atoms with Crippen molar-refractivity contribution in [1.82, 2.24) is 4.98 Å². The van der Waals surface area contributed by atoms with Gasteiger partial charge in [-0.2, -0.15) is 0 Å². The molecule has 0 aliphatic heterocycles. The Morgan fingerprint density at radius 2 is 2.00 bits per heavy atom. The Bertz CT molecular complexity index is 583. The zero-order valence-electron chi connectivity index (χ0n) is 11.8. The van der Waals surface area contributed by atoms with Gasteiger partial charge in [-0.3, -0.25) is 9.78 Å². The summed E-state index contributed by atoms with van der Waals surface area (Å²) < 4.78 is 0. The maximum Gasteiger partial charge on any atom is 0.234 e. The first kappa shape index (κ1) is 14.1. The molecule has 0 aliphatic rings. The van der Waals surface area contributed by atoms with Gasteiger partial charge in [-0.1, -0.05) is 12.1 Å². The predicted octanol–water partition coefficient (Wildman–Crippen LogP) is 2.82. The summed E-state index contributed by atoms with van der Waals surface area (Å²) in [5.74, 6) is -0.170. The maximum atomic E-state index is 12.7. The van der Waals surface area contributed by atoms with Crippen LogP contribution in [-0.4, -0.2) is 17.4 Å². The highest BCUT2D eigenvalue weighted by Crippen LogP contribution is 2.23. The highest BCUT2D eigenvalue weighted by Gasteiger charge is 2.22. The molecular weight excluding hydrogens is 250 g/mol. The van der Waals surface area contributed by atoms with Gasteiger partial charge in [0.05, 0.1) is 5.92 Å². The van der Waals surface area contributed by atoms with Crippen LogP contribution in [-0.2, 0) is 4.79 Å². The first-order valence-corrected chi connectivity index (χ1v) is 6.70. The van der Waals surface area contributed by atoms with Gasteiger partial charge in [-0.15, -0.1) is 0 Å². The van der Waals surface area contributed by atoms with Gasteiger partial charge < -0.3 is 10.6 Å². The van der Waals surface area contributed by atoms with Crippen molar-refractivity contribution in [3.05, 3.63) is 54.4 Å². The average Bonchev–Trinajstić information content (AvgIpc) is 2.48. The zero-order chi connectivity index (χ0) is 14.5. The van der Waals surface area contributed by atoms with Gasteiger partial charge in [-0.05, 0) is 43.7 Å². The van der Waals surface area contributed by atoms with Crippen molar-refractivity contribution in [2.24, 2.45) is 0 Å². The summed E-state index contributed by atoms with van der Waals surface area (Å²) in [7, 11) is 0. The van der Waals surface area contributed by atoms with Crippen LogP contribution in [0.3, 0.4) is 0 Å². The average molecular weight is 269 g/mol. The number of hydrogen-bond acceptors (Lipinski definition) is 3. The summed E-state index contributed by atoms with van der Waals surface area (Å²) in [4.78, 5) is 18.4. The molecule has 1 aromatic heterocycles. The fraction of sp³-hybridized carbons (Fsp3) is 0.250. The molecule has 0 fully saturated rings. The number of likely N-dealkylation sites (N-methyl/N-ethyl adjacent to an activating group) is 1. The summed E-state index contributed by atoms with van der Waals surface area (Å²) in [6, 6.07) is 11.2. The van der Waals surface area contributed by atoms with Crippen molar-refractivity contribution in [3.63, 3.8) is 0 Å². The second-order valence-corrected chi connectivity index (χ2v) is 4.68. The van der Waals surface area contributed by atoms with Crippen LogP contribution in [0, 0.1) is 0 Å². The molecule has 0 spiro atoms. The molecule has 2 rings (SSSR count). The Balaban J connectivity index is 2.25. The lowest BCUT2D eigenvalue weighted by atomic mass is 9.99. The van der Waals surface area contributed by atoms with Crippen LogP contribution in [0.25, 0.3) is 0 Å². The first-order chi connectivity index (χ1) is 9.63. The molecule has 4 heteroatoms. The number of pyridine rings is 1. The van der Waals surface area contributed by atoms with E-state index in [1.807, 2.05) is 50.2 Å². The van der Waals surface area contributed by atoms with Crippen LogP contribution >= 0.6 is 0 Å². The van der Waals surface area contributed by atoms with E-state index in [2.05, 4.69) is 4.98 Å². The SMILES string of the molecule is CCN(C(=O)C(C)c1cccc(N)c1)c1ccncc1. The second-order valence-electron chi connectivity index (χ2n) is 4.68. The standard InChI is InChI=1S/C16H19N3O/c1-3-19(15-7-9-18-10-8-15)16(20)12(2)13-5-4-6-14(17)11-13/h4-12H,3,17H2,1-2H3. The summed E-state index contributed by atoms with van der Waals surface area (Å²) in [5, 5.41) is 0. The molecule has 1 amide bonds. The van der Waals surface area contributed by atoms with Crippen molar-refractivity contribution in [2.45, 2.75) is 19.8 Å². The molecule has 1 heterocycles. The summed E-state index contributed by atoms with van der Waals surface area (Å²) in [6.45, 7) is 4.49. The number of anilines is 2. The van der Waals surface area contributed by atoms with Gasteiger partial charge in [0.1, 0.15) is 0 Å².